The molecule has 1 heterocycles. The van der Waals surface area contributed by atoms with Crippen molar-refractivity contribution in [2.45, 2.75) is 58.2 Å². The van der Waals surface area contributed by atoms with Gasteiger partial charge in [-0.2, -0.15) is 0 Å². The van der Waals surface area contributed by atoms with Gasteiger partial charge in [-0.25, -0.2) is 0 Å². The third kappa shape index (κ3) is 2.57. The van der Waals surface area contributed by atoms with E-state index in [1.165, 1.54) is 5.56 Å². The SMILES string of the molecule is CCC1(C)CC(O)(c2ccc(C)c(C)c2OC)CCO1. The number of methoxy groups -OCH3 is 1. The zero-order valence-corrected chi connectivity index (χ0v) is 13.2. The van der Waals surface area contributed by atoms with Crippen molar-refractivity contribution in [2.75, 3.05) is 13.7 Å². The van der Waals surface area contributed by atoms with E-state index in [0.717, 1.165) is 23.3 Å². The molecule has 1 aliphatic heterocycles. The van der Waals surface area contributed by atoms with Gasteiger partial charge in [-0.05, 0) is 38.3 Å². The summed E-state index contributed by atoms with van der Waals surface area (Å²) in [5, 5.41) is 11.2. The van der Waals surface area contributed by atoms with Crippen LogP contribution in [0, 0.1) is 13.8 Å². The maximum absolute atomic E-state index is 11.2. The smallest absolute Gasteiger partial charge is 0.128 e. The highest BCUT2D eigenvalue weighted by Gasteiger charge is 2.43. The number of aryl methyl sites for hydroxylation is 1. The Hall–Kier alpha value is -1.06. The Bertz CT molecular complexity index is 497. The number of hydrogen-bond acceptors (Lipinski definition) is 3. The third-order valence-corrected chi connectivity index (χ3v) is 4.76. The molecule has 112 valence electrons. The van der Waals surface area contributed by atoms with Gasteiger partial charge in [0.2, 0.25) is 0 Å². The molecule has 1 N–H and O–H groups in total. The molecular formula is C17H26O3. The summed E-state index contributed by atoms with van der Waals surface area (Å²) in [6, 6.07) is 4.06. The minimum Gasteiger partial charge on any atom is -0.496 e. The molecule has 3 nitrogen and oxygen atoms in total. The number of hydrogen-bond donors (Lipinski definition) is 1. The Labute approximate surface area is 121 Å². The van der Waals surface area contributed by atoms with E-state index in [4.69, 9.17) is 9.47 Å². The van der Waals surface area contributed by atoms with Crippen molar-refractivity contribution in [3.05, 3.63) is 28.8 Å². The largest absolute Gasteiger partial charge is 0.496 e. The van der Waals surface area contributed by atoms with Crippen molar-refractivity contribution in [3.63, 3.8) is 0 Å². The van der Waals surface area contributed by atoms with Crippen LogP contribution < -0.4 is 4.74 Å². The molecule has 3 heteroatoms. The minimum atomic E-state index is -0.868. The van der Waals surface area contributed by atoms with Gasteiger partial charge in [-0.15, -0.1) is 0 Å². The van der Waals surface area contributed by atoms with Crippen molar-refractivity contribution < 1.29 is 14.6 Å². The van der Waals surface area contributed by atoms with Crippen LogP contribution in [0.25, 0.3) is 0 Å². The zero-order valence-electron chi connectivity index (χ0n) is 13.2. The lowest BCUT2D eigenvalue weighted by Gasteiger charge is -2.44. The Morgan fingerprint density at radius 3 is 2.65 bits per heavy atom. The molecule has 0 radical (unpaired) electrons. The number of benzene rings is 1. The zero-order chi connectivity index (χ0) is 15.0. The second kappa shape index (κ2) is 5.38. The fourth-order valence-corrected chi connectivity index (χ4v) is 3.10. The van der Waals surface area contributed by atoms with E-state index in [9.17, 15) is 5.11 Å². The highest BCUT2D eigenvalue weighted by atomic mass is 16.5. The molecule has 0 saturated carbocycles. The van der Waals surface area contributed by atoms with Crippen molar-refractivity contribution in [1.82, 2.24) is 0 Å². The molecule has 2 unspecified atom stereocenters. The average Bonchev–Trinajstić information content (AvgIpc) is 2.41. The number of aliphatic hydroxyl groups is 1. The van der Waals surface area contributed by atoms with Crippen LogP contribution in [-0.4, -0.2) is 24.4 Å². The number of rotatable bonds is 3. The molecule has 20 heavy (non-hydrogen) atoms. The van der Waals surface area contributed by atoms with Crippen LogP contribution in [-0.2, 0) is 10.3 Å². The summed E-state index contributed by atoms with van der Waals surface area (Å²) < 4.78 is 11.4. The van der Waals surface area contributed by atoms with Gasteiger partial charge in [-0.3, -0.25) is 0 Å². The summed E-state index contributed by atoms with van der Waals surface area (Å²) in [6.45, 7) is 8.86. The topological polar surface area (TPSA) is 38.7 Å². The first-order chi connectivity index (χ1) is 9.35. The summed E-state index contributed by atoms with van der Waals surface area (Å²) >= 11 is 0. The predicted octanol–water partition coefficient (Wildman–Crippen LogP) is 3.48. The predicted molar refractivity (Wildman–Crippen MR) is 80.2 cm³/mol. The molecule has 1 fully saturated rings. The molecule has 1 saturated heterocycles. The Morgan fingerprint density at radius 2 is 2.05 bits per heavy atom. The van der Waals surface area contributed by atoms with Crippen molar-refractivity contribution in [3.8, 4) is 5.75 Å². The Kier molecular flexibility index (Phi) is 4.12. The quantitative estimate of drug-likeness (QED) is 0.920. The van der Waals surface area contributed by atoms with E-state index < -0.39 is 5.60 Å². The standard InChI is InChI=1S/C17H26O3/c1-6-16(4)11-17(18,9-10-20-16)14-8-7-12(2)13(3)15(14)19-5/h7-8,18H,6,9-11H2,1-5H3. The lowest BCUT2D eigenvalue weighted by molar-refractivity contribution is -0.158. The van der Waals surface area contributed by atoms with Crippen LogP contribution in [0.2, 0.25) is 0 Å². The summed E-state index contributed by atoms with van der Waals surface area (Å²) in [6.07, 6.45) is 2.11. The van der Waals surface area contributed by atoms with Crippen LogP contribution >= 0.6 is 0 Å². The molecule has 0 bridgehead atoms. The van der Waals surface area contributed by atoms with Crippen LogP contribution in [0.3, 0.4) is 0 Å². The van der Waals surface area contributed by atoms with Gasteiger partial charge in [0.1, 0.15) is 5.75 Å². The Balaban J connectivity index is 2.47. The van der Waals surface area contributed by atoms with E-state index in [1.54, 1.807) is 7.11 Å². The molecule has 2 rings (SSSR count). The average molecular weight is 278 g/mol. The summed E-state index contributed by atoms with van der Waals surface area (Å²) in [4.78, 5) is 0. The maximum atomic E-state index is 11.2. The monoisotopic (exact) mass is 278 g/mol. The number of ether oxygens (including phenoxy) is 2. The highest BCUT2D eigenvalue weighted by Crippen LogP contribution is 2.45. The highest BCUT2D eigenvalue weighted by molar-refractivity contribution is 5.48. The summed E-state index contributed by atoms with van der Waals surface area (Å²) in [5.74, 6) is 0.813. The van der Waals surface area contributed by atoms with Crippen molar-refractivity contribution >= 4 is 0 Å². The van der Waals surface area contributed by atoms with E-state index in [-0.39, 0.29) is 5.60 Å². The lowest BCUT2D eigenvalue weighted by Crippen LogP contribution is -2.45. The first kappa shape index (κ1) is 15.3. The molecule has 0 aromatic heterocycles. The molecule has 1 aliphatic rings. The van der Waals surface area contributed by atoms with Crippen molar-refractivity contribution in [2.24, 2.45) is 0 Å². The second-order valence-electron chi connectivity index (χ2n) is 6.20. The first-order valence-electron chi connectivity index (χ1n) is 7.36. The van der Waals surface area contributed by atoms with Gasteiger partial charge in [0.25, 0.3) is 0 Å². The third-order valence-electron chi connectivity index (χ3n) is 4.76. The van der Waals surface area contributed by atoms with Crippen LogP contribution in [0.15, 0.2) is 12.1 Å². The molecule has 0 spiro atoms. The first-order valence-corrected chi connectivity index (χ1v) is 7.36. The lowest BCUT2D eigenvalue weighted by atomic mass is 9.76. The minimum absolute atomic E-state index is 0.267. The van der Waals surface area contributed by atoms with Gasteiger partial charge in [0, 0.05) is 18.4 Å². The van der Waals surface area contributed by atoms with Gasteiger partial charge in [0.15, 0.2) is 0 Å². The molecule has 0 amide bonds. The van der Waals surface area contributed by atoms with E-state index in [0.29, 0.717) is 19.4 Å². The molecule has 1 aromatic rings. The molecule has 2 atom stereocenters. The van der Waals surface area contributed by atoms with E-state index >= 15 is 0 Å². The van der Waals surface area contributed by atoms with Gasteiger partial charge in [-0.1, -0.05) is 19.1 Å². The molecular weight excluding hydrogens is 252 g/mol. The fourth-order valence-electron chi connectivity index (χ4n) is 3.10. The van der Waals surface area contributed by atoms with Crippen LogP contribution in [0.1, 0.15) is 49.8 Å². The van der Waals surface area contributed by atoms with Crippen molar-refractivity contribution in [1.29, 1.82) is 0 Å². The van der Waals surface area contributed by atoms with Crippen LogP contribution in [0.5, 0.6) is 5.75 Å². The second-order valence-corrected chi connectivity index (χ2v) is 6.20. The van der Waals surface area contributed by atoms with Gasteiger partial charge < -0.3 is 14.6 Å². The van der Waals surface area contributed by atoms with Gasteiger partial charge in [0.05, 0.1) is 24.9 Å². The van der Waals surface area contributed by atoms with Gasteiger partial charge >= 0.3 is 0 Å². The van der Waals surface area contributed by atoms with E-state index in [2.05, 4.69) is 26.8 Å². The molecule has 1 aromatic carbocycles. The maximum Gasteiger partial charge on any atom is 0.128 e. The summed E-state index contributed by atoms with van der Waals surface area (Å²) in [5.41, 5.74) is 2.04. The normalized spacial score (nSPS) is 30.3. The Morgan fingerprint density at radius 1 is 1.35 bits per heavy atom. The van der Waals surface area contributed by atoms with Crippen LogP contribution in [0.4, 0.5) is 0 Å². The fraction of sp³-hybridized carbons (Fsp3) is 0.647. The van der Waals surface area contributed by atoms with E-state index in [1.807, 2.05) is 13.0 Å². The molecule has 0 aliphatic carbocycles. The summed E-state index contributed by atoms with van der Waals surface area (Å²) in [7, 11) is 1.67.